The minimum Gasteiger partial charge on any atom is -0.494 e. The number of alkyl halides is 3. The number of carbonyl (C=O) groups excluding carboxylic acids is 1. The zero-order chi connectivity index (χ0) is 24.3. The summed E-state index contributed by atoms with van der Waals surface area (Å²) in [6.07, 6.45) is -3.94. The number of carbonyl (C=O) groups is 1. The molecule has 2 amide bonds. The van der Waals surface area contributed by atoms with Gasteiger partial charge < -0.3 is 24.7 Å². The lowest BCUT2D eigenvalue weighted by atomic mass is 9.79. The van der Waals surface area contributed by atoms with Gasteiger partial charge in [0, 0.05) is 12.2 Å². The zero-order valence-corrected chi connectivity index (χ0v) is 19.1. The molecule has 2 aromatic carbocycles. The summed E-state index contributed by atoms with van der Waals surface area (Å²) in [5.74, 6) is 0.670. The van der Waals surface area contributed by atoms with Crippen LogP contribution >= 0.6 is 0 Å². The van der Waals surface area contributed by atoms with Crippen molar-refractivity contribution in [2.75, 3.05) is 18.5 Å². The molecule has 0 aliphatic carbocycles. The number of ether oxygens (including phenoxy) is 1. The van der Waals surface area contributed by atoms with Crippen molar-refractivity contribution in [1.82, 2.24) is 5.32 Å². The van der Waals surface area contributed by atoms with E-state index in [4.69, 9.17) is 14.0 Å². The van der Waals surface area contributed by atoms with E-state index < -0.39 is 36.1 Å². The van der Waals surface area contributed by atoms with Crippen LogP contribution in [0.15, 0.2) is 48.5 Å². The third kappa shape index (κ3) is 6.42. The highest BCUT2D eigenvalue weighted by Crippen LogP contribution is 2.36. The number of rotatable bonds is 7. The van der Waals surface area contributed by atoms with Gasteiger partial charge in [-0.2, -0.15) is 13.2 Å². The van der Waals surface area contributed by atoms with Crippen LogP contribution in [-0.2, 0) is 15.5 Å². The molecule has 6 nitrogen and oxygen atoms in total. The van der Waals surface area contributed by atoms with E-state index in [0.717, 1.165) is 17.6 Å². The van der Waals surface area contributed by atoms with Gasteiger partial charge in [-0.05, 0) is 69.9 Å². The van der Waals surface area contributed by atoms with Crippen LogP contribution in [0.1, 0.15) is 39.7 Å². The zero-order valence-electron chi connectivity index (χ0n) is 19.1. The fraction of sp³-hybridized carbons (Fsp3) is 0.435. The minimum absolute atomic E-state index is 0.0701. The monoisotopic (exact) mass is 464 g/mol. The molecule has 10 heteroatoms. The molecule has 1 saturated heterocycles. The molecular weight excluding hydrogens is 436 g/mol. The van der Waals surface area contributed by atoms with Gasteiger partial charge in [0.1, 0.15) is 5.75 Å². The molecule has 0 aromatic heterocycles. The number of benzene rings is 2. The molecule has 0 radical (unpaired) electrons. The van der Waals surface area contributed by atoms with Gasteiger partial charge in [-0.1, -0.05) is 18.2 Å². The summed E-state index contributed by atoms with van der Waals surface area (Å²) >= 11 is 0. The van der Waals surface area contributed by atoms with Crippen LogP contribution in [0, 0.1) is 0 Å². The maximum Gasteiger partial charge on any atom is 0.494 e. The van der Waals surface area contributed by atoms with Crippen LogP contribution in [-0.4, -0.2) is 37.5 Å². The molecule has 178 valence electrons. The first-order valence-corrected chi connectivity index (χ1v) is 10.7. The maximum atomic E-state index is 12.7. The Kier molecular flexibility index (Phi) is 7.28. The molecule has 1 aliphatic heterocycles. The molecular formula is C23H28BF3N2O4. The van der Waals surface area contributed by atoms with E-state index in [1.165, 1.54) is 12.1 Å². The average Bonchev–Trinajstić information content (AvgIpc) is 2.95. The summed E-state index contributed by atoms with van der Waals surface area (Å²) in [5.41, 5.74) is -0.673. The highest BCUT2D eigenvalue weighted by atomic mass is 19.4. The summed E-state index contributed by atoms with van der Waals surface area (Å²) in [7, 11) is -0.441. The van der Waals surface area contributed by atoms with Crippen molar-refractivity contribution in [3.8, 4) is 5.75 Å². The third-order valence-corrected chi connectivity index (χ3v) is 5.73. The van der Waals surface area contributed by atoms with Gasteiger partial charge in [0.2, 0.25) is 0 Å². The van der Waals surface area contributed by atoms with Crippen molar-refractivity contribution >= 4 is 24.3 Å². The Balaban J connectivity index is 1.38. The van der Waals surface area contributed by atoms with Crippen LogP contribution in [0.2, 0.25) is 0 Å². The first-order chi connectivity index (χ1) is 15.4. The second kappa shape index (κ2) is 9.65. The first-order valence-electron chi connectivity index (χ1n) is 10.7. The van der Waals surface area contributed by atoms with Crippen molar-refractivity contribution in [2.45, 2.75) is 51.5 Å². The van der Waals surface area contributed by atoms with E-state index in [0.29, 0.717) is 25.3 Å². The first kappa shape index (κ1) is 24.9. The second-order valence-corrected chi connectivity index (χ2v) is 8.82. The fourth-order valence-corrected chi connectivity index (χ4v) is 3.11. The van der Waals surface area contributed by atoms with E-state index in [1.807, 2.05) is 52.0 Å². The maximum absolute atomic E-state index is 12.7. The van der Waals surface area contributed by atoms with E-state index in [2.05, 4.69) is 10.6 Å². The average molecular weight is 464 g/mol. The smallest absolute Gasteiger partial charge is 0.494 e. The Morgan fingerprint density at radius 2 is 1.67 bits per heavy atom. The topological polar surface area (TPSA) is 68.8 Å². The van der Waals surface area contributed by atoms with E-state index in [-0.39, 0.29) is 5.69 Å². The van der Waals surface area contributed by atoms with Gasteiger partial charge in [-0.25, -0.2) is 4.79 Å². The largest absolute Gasteiger partial charge is 0.494 e. The second-order valence-electron chi connectivity index (χ2n) is 8.82. The quantitative estimate of drug-likeness (QED) is 0.465. The number of anilines is 1. The Hall–Kier alpha value is -2.72. The Morgan fingerprint density at radius 1 is 1.03 bits per heavy atom. The van der Waals surface area contributed by atoms with Crippen LogP contribution in [0.3, 0.4) is 0 Å². The number of hydrogen-bond acceptors (Lipinski definition) is 4. The molecule has 1 fully saturated rings. The predicted molar refractivity (Wildman–Crippen MR) is 121 cm³/mol. The van der Waals surface area contributed by atoms with Crippen molar-refractivity contribution < 1.29 is 32.0 Å². The van der Waals surface area contributed by atoms with Gasteiger partial charge in [0.05, 0.1) is 23.4 Å². The van der Waals surface area contributed by atoms with Gasteiger partial charge in [-0.3, -0.25) is 0 Å². The Bertz CT molecular complexity index is 949. The van der Waals surface area contributed by atoms with Crippen molar-refractivity contribution in [2.24, 2.45) is 0 Å². The van der Waals surface area contributed by atoms with Crippen LogP contribution in [0.4, 0.5) is 23.7 Å². The normalized spacial score (nSPS) is 17.0. The van der Waals surface area contributed by atoms with Crippen molar-refractivity contribution in [1.29, 1.82) is 0 Å². The number of halogens is 3. The highest BCUT2D eigenvalue weighted by molar-refractivity contribution is 6.62. The lowest BCUT2D eigenvalue weighted by molar-refractivity contribution is -0.137. The molecule has 0 saturated carbocycles. The fourth-order valence-electron chi connectivity index (χ4n) is 3.11. The van der Waals surface area contributed by atoms with Crippen molar-refractivity contribution in [3.63, 3.8) is 0 Å². The van der Waals surface area contributed by atoms with Crippen LogP contribution in [0.5, 0.6) is 5.75 Å². The SMILES string of the molecule is CC1(C)OB(c2ccc(OCCCNC(=O)Nc3cccc(C(F)(F)F)c3)cc2)OC1(C)C. The summed E-state index contributed by atoms with van der Waals surface area (Å²) in [4.78, 5) is 11.9. The van der Waals surface area contributed by atoms with Gasteiger partial charge in [-0.15, -0.1) is 0 Å². The molecule has 33 heavy (non-hydrogen) atoms. The summed E-state index contributed by atoms with van der Waals surface area (Å²) in [5, 5.41) is 4.99. The molecule has 2 N–H and O–H groups in total. The van der Waals surface area contributed by atoms with Crippen LogP contribution < -0.4 is 20.8 Å². The van der Waals surface area contributed by atoms with E-state index in [9.17, 15) is 18.0 Å². The predicted octanol–water partition coefficient (Wildman–Crippen LogP) is 4.60. The molecule has 0 spiro atoms. The molecule has 3 rings (SSSR count). The van der Waals surface area contributed by atoms with E-state index in [1.54, 1.807) is 0 Å². The van der Waals surface area contributed by atoms with E-state index >= 15 is 0 Å². The highest BCUT2D eigenvalue weighted by Gasteiger charge is 2.51. The Labute approximate surface area is 191 Å². The molecule has 2 aromatic rings. The van der Waals surface area contributed by atoms with Gasteiger partial charge in [0.25, 0.3) is 0 Å². The lowest BCUT2D eigenvalue weighted by Gasteiger charge is -2.32. The molecule has 0 bridgehead atoms. The van der Waals surface area contributed by atoms with Gasteiger partial charge in [0.15, 0.2) is 0 Å². The Morgan fingerprint density at radius 3 is 2.27 bits per heavy atom. The van der Waals surface area contributed by atoms with Crippen LogP contribution in [0.25, 0.3) is 0 Å². The molecule has 1 heterocycles. The summed E-state index contributed by atoms with van der Waals surface area (Å²) in [6, 6.07) is 11.3. The number of hydrogen-bond donors (Lipinski definition) is 2. The molecule has 0 unspecified atom stereocenters. The third-order valence-electron chi connectivity index (χ3n) is 5.73. The summed E-state index contributed by atoms with van der Waals surface area (Å²) in [6.45, 7) is 8.66. The minimum atomic E-state index is -4.46. The lowest BCUT2D eigenvalue weighted by Crippen LogP contribution is -2.41. The van der Waals surface area contributed by atoms with Gasteiger partial charge >= 0.3 is 19.3 Å². The number of urea groups is 1. The molecule has 0 atom stereocenters. The number of amides is 2. The number of nitrogens with one attached hydrogen (secondary N) is 2. The molecule has 1 aliphatic rings. The summed E-state index contributed by atoms with van der Waals surface area (Å²) < 4.78 is 56.0. The standard InChI is InChI=1S/C23H28BF3N2O4/c1-21(2)22(3,4)33-24(32-21)17-9-11-19(12-10-17)31-14-6-13-28-20(30)29-18-8-5-7-16(15-18)23(25,26)27/h5,7-12,15H,6,13-14H2,1-4H3,(H2,28,29,30). The van der Waals surface area contributed by atoms with Crippen molar-refractivity contribution in [3.05, 3.63) is 54.1 Å².